The number of aromatic nitrogens is 2. The highest BCUT2D eigenvalue weighted by Crippen LogP contribution is 2.34. The SMILES string of the molecule is CCOC(=O)O/N=C(/N)c1ccc(CN(C(=O)OC(C)(C)C)C(=O)OC(C)(C)C)cc1.CCOC(=O)O/N=C(\N)c1ccc(CNC(=O)Cn2c(-c3cc(N)cc(C(F)(F)F)c3)cnc(NC(C)C)c2=O)cc1. The van der Waals surface area contributed by atoms with Crippen LogP contribution in [0.4, 0.5) is 43.9 Å². The average Bonchev–Trinajstić information content (AvgIpc) is 3.28. The number of ether oxygens (including phenoxy) is 4. The monoisotopic (exact) mass is 1030 g/mol. The van der Waals surface area contributed by atoms with Crippen molar-refractivity contribution in [3.63, 3.8) is 0 Å². The first kappa shape index (κ1) is 58.9. The van der Waals surface area contributed by atoms with Crippen molar-refractivity contribution in [3.8, 4) is 11.3 Å². The molecule has 0 aliphatic rings. The Morgan fingerprint density at radius 3 is 1.67 bits per heavy atom. The van der Waals surface area contributed by atoms with Crippen LogP contribution in [0.25, 0.3) is 11.3 Å². The third-order valence-corrected chi connectivity index (χ3v) is 8.88. The summed E-state index contributed by atoms with van der Waals surface area (Å²) < 4.78 is 61.2. The third kappa shape index (κ3) is 20.1. The number of alkyl halides is 3. The molecule has 0 spiro atoms. The zero-order valence-corrected chi connectivity index (χ0v) is 42.0. The van der Waals surface area contributed by atoms with E-state index in [1.54, 1.807) is 118 Å². The summed E-state index contributed by atoms with van der Waals surface area (Å²) in [6.45, 7) is 16.7. The van der Waals surface area contributed by atoms with Crippen LogP contribution in [-0.2, 0) is 59.2 Å². The van der Waals surface area contributed by atoms with Crippen LogP contribution in [0.3, 0.4) is 0 Å². The Kier molecular flexibility index (Phi) is 21.1. The molecule has 0 unspecified atom stereocenters. The molecule has 0 fully saturated rings. The number of amidine groups is 2. The van der Waals surface area contributed by atoms with Gasteiger partial charge in [-0.05, 0) is 98.6 Å². The summed E-state index contributed by atoms with van der Waals surface area (Å²) in [5, 5.41) is 12.5. The third-order valence-electron chi connectivity index (χ3n) is 8.88. The fraction of sp³-hybridized carbons (Fsp3) is 0.396. The molecular formula is C48H61F3N10O12. The van der Waals surface area contributed by atoms with E-state index in [0.717, 1.165) is 21.6 Å². The van der Waals surface area contributed by atoms with E-state index in [9.17, 15) is 41.9 Å². The van der Waals surface area contributed by atoms with Gasteiger partial charge in [-0.3, -0.25) is 23.8 Å². The number of carbonyl (C=O) groups is 5. The molecule has 25 heteroatoms. The minimum Gasteiger partial charge on any atom is -0.443 e. The van der Waals surface area contributed by atoms with Gasteiger partial charge in [-0.25, -0.2) is 29.1 Å². The molecule has 1 aromatic heterocycles. The lowest BCUT2D eigenvalue weighted by atomic mass is 10.1. The lowest BCUT2D eigenvalue weighted by Crippen LogP contribution is -2.43. The molecule has 0 aliphatic carbocycles. The molecule has 396 valence electrons. The Balaban J connectivity index is 0.000000405. The second-order valence-electron chi connectivity index (χ2n) is 17.7. The van der Waals surface area contributed by atoms with Gasteiger partial charge in [-0.1, -0.05) is 58.8 Å². The molecule has 22 nitrogen and oxygen atoms in total. The van der Waals surface area contributed by atoms with Crippen molar-refractivity contribution in [2.24, 2.45) is 21.8 Å². The van der Waals surface area contributed by atoms with Gasteiger partial charge in [0.05, 0.1) is 37.2 Å². The van der Waals surface area contributed by atoms with Crippen molar-refractivity contribution >= 4 is 53.6 Å². The molecular weight excluding hydrogens is 966 g/mol. The minimum absolute atomic E-state index is 0.0218. The molecule has 4 rings (SSSR count). The van der Waals surface area contributed by atoms with Crippen LogP contribution in [0.1, 0.15) is 97.1 Å². The lowest BCUT2D eigenvalue weighted by Gasteiger charge is -2.28. The highest BCUT2D eigenvalue weighted by Gasteiger charge is 2.33. The second kappa shape index (κ2) is 26.2. The quantitative estimate of drug-likeness (QED) is 0.0146. The first-order valence-electron chi connectivity index (χ1n) is 22.4. The number of hydrogen-bond donors (Lipinski definition) is 5. The largest absolute Gasteiger partial charge is 0.535 e. The van der Waals surface area contributed by atoms with Gasteiger partial charge < -0.3 is 46.8 Å². The van der Waals surface area contributed by atoms with Crippen molar-refractivity contribution < 1.29 is 65.8 Å². The number of halogens is 3. The molecule has 0 aliphatic heterocycles. The number of nitrogens with zero attached hydrogens (tertiary/aromatic N) is 5. The maximum atomic E-state index is 13.4. The number of anilines is 2. The number of nitrogen functional groups attached to an aromatic ring is 1. The number of hydrogen-bond acceptors (Lipinski definition) is 17. The van der Waals surface area contributed by atoms with Gasteiger partial charge in [-0.15, -0.1) is 0 Å². The van der Waals surface area contributed by atoms with Gasteiger partial charge >= 0.3 is 30.7 Å². The van der Waals surface area contributed by atoms with Gasteiger partial charge in [0.25, 0.3) is 5.56 Å². The zero-order chi connectivity index (χ0) is 54.8. The van der Waals surface area contributed by atoms with Crippen LogP contribution in [0.15, 0.2) is 88.0 Å². The molecule has 3 amide bonds. The fourth-order valence-corrected chi connectivity index (χ4v) is 5.77. The van der Waals surface area contributed by atoms with Gasteiger partial charge in [0.2, 0.25) is 5.91 Å². The molecule has 8 N–H and O–H groups in total. The van der Waals surface area contributed by atoms with E-state index < -0.39 is 65.5 Å². The molecule has 4 aromatic rings. The molecule has 0 saturated carbocycles. The maximum absolute atomic E-state index is 13.4. The first-order valence-corrected chi connectivity index (χ1v) is 22.4. The van der Waals surface area contributed by atoms with Crippen LogP contribution in [0.2, 0.25) is 0 Å². The van der Waals surface area contributed by atoms with Crippen LogP contribution in [0.5, 0.6) is 0 Å². The Bertz CT molecular complexity index is 2650. The number of imide groups is 1. The Morgan fingerprint density at radius 1 is 0.753 bits per heavy atom. The molecule has 0 radical (unpaired) electrons. The van der Waals surface area contributed by atoms with Gasteiger partial charge in [0.15, 0.2) is 17.5 Å². The summed E-state index contributed by atoms with van der Waals surface area (Å²) in [6, 6.07) is 15.6. The standard InChI is InChI=1S/C27H30F3N7O5.C21H31N3O7/c1-4-41-26(40)42-36-23(32)17-7-5-16(6-8-17)12-33-22(38)14-37-21(13-34-24(25(37)39)35-15(2)3)18-9-19(27(28,29)30)11-20(31)10-18;1-8-28-19(27)31-23-16(22)15-11-9-14(10-12-15)13-24(17(25)29-20(2,3)4)18(26)30-21(5,6)7/h5-11,13,15H,4,12,14,31H2,1-3H3,(H2,32,36)(H,33,38)(H,34,35);9-12H,8,13H2,1-7H3,(H2,22,23). The maximum Gasteiger partial charge on any atom is 0.535 e. The van der Waals surface area contributed by atoms with Crippen molar-refractivity contribution in [1.82, 2.24) is 19.8 Å². The van der Waals surface area contributed by atoms with E-state index in [1.807, 2.05) is 0 Å². The number of nitrogens with one attached hydrogen (secondary N) is 2. The van der Waals surface area contributed by atoms with Crippen molar-refractivity contribution in [1.29, 1.82) is 0 Å². The Labute approximate surface area is 418 Å². The highest BCUT2D eigenvalue weighted by atomic mass is 19.4. The lowest BCUT2D eigenvalue weighted by molar-refractivity contribution is -0.137. The van der Waals surface area contributed by atoms with E-state index in [0.29, 0.717) is 22.3 Å². The van der Waals surface area contributed by atoms with Crippen LogP contribution in [0, 0.1) is 0 Å². The number of amides is 3. The first-order chi connectivity index (χ1) is 34.0. The van der Waals surface area contributed by atoms with Crippen LogP contribution >= 0.6 is 0 Å². The van der Waals surface area contributed by atoms with Gasteiger partial charge in [0, 0.05) is 35.0 Å². The van der Waals surface area contributed by atoms with Crippen molar-refractivity contribution in [2.45, 2.75) is 112 Å². The van der Waals surface area contributed by atoms with Crippen LogP contribution < -0.4 is 33.4 Å². The molecule has 0 atom stereocenters. The predicted molar refractivity (Wildman–Crippen MR) is 263 cm³/mol. The summed E-state index contributed by atoms with van der Waals surface area (Å²) in [5.74, 6) is -0.781. The van der Waals surface area contributed by atoms with E-state index >= 15 is 0 Å². The Hall–Kier alpha value is -8.38. The Morgan fingerprint density at radius 2 is 1.23 bits per heavy atom. The molecule has 0 bridgehead atoms. The average molecular weight is 1030 g/mol. The molecule has 0 saturated heterocycles. The van der Waals surface area contributed by atoms with Crippen molar-refractivity contribution in [3.05, 3.63) is 111 Å². The smallest absolute Gasteiger partial charge is 0.443 e. The number of benzene rings is 3. The summed E-state index contributed by atoms with van der Waals surface area (Å²) in [7, 11) is 0. The normalized spacial score (nSPS) is 11.9. The molecule has 73 heavy (non-hydrogen) atoms. The molecule has 1 heterocycles. The van der Waals surface area contributed by atoms with E-state index in [-0.39, 0.29) is 66.8 Å². The van der Waals surface area contributed by atoms with E-state index in [4.69, 9.17) is 26.7 Å². The number of rotatable bonds is 15. The number of nitrogens with two attached hydrogens (primary N) is 3. The van der Waals surface area contributed by atoms with Crippen molar-refractivity contribution in [2.75, 3.05) is 24.3 Å². The number of oxime groups is 2. The summed E-state index contributed by atoms with van der Waals surface area (Å²) in [5.41, 5.74) is 16.0. The second-order valence-corrected chi connectivity index (χ2v) is 17.7. The topological polar surface area (TPSA) is 306 Å². The minimum atomic E-state index is -4.68. The summed E-state index contributed by atoms with van der Waals surface area (Å²) in [6.07, 6.45) is -7.08. The van der Waals surface area contributed by atoms with E-state index in [1.165, 1.54) is 12.3 Å². The predicted octanol–water partition coefficient (Wildman–Crippen LogP) is 7.59. The summed E-state index contributed by atoms with van der Waals surface area (Å²) in [4.78, 5) is 87.7. The number of carbonyl (C=O) groups excluding carboxylic acids is 5. The summed E-state index contributed by atoms with van der Waals surface area (Å²) >= 11 is 0. The highest BCUT2D eigenvalue weighted by molar-refractivity contribution is 5.98. The van der Waals surface area contributed by atoms with Gasteiger partial charge in [-0.2, -0.15) is 13.2 Å². The molecule has 3 aromatic carbocycles. The van der Waals surface area contributed by atoms with E-state index in [2.05, 4.69) is 45.1 Å². The van der Waals surface area contributed by atoms with Crippen LogP contribution in [-0.4, -0.2) is 87.0 Å². The zero-order valence-electron chi connectivity index (χ0n) is 42.0. The fourth-order valence-electron chi connectivity index (χ4n) is 5.77. The van der Waals surface area contributed by atoms with Gasteiger partial charge in [0.1, 0.15) is 17.7 Å².